The Hall–Kier alpha value is -1.65. The van der Waals surface area contributed by atoms with Crippen molar-refractivity contribution in [3.05, 3.63) is 18.1 Å². The highest BCUT2D eigenvalue weighted by Gasteiger charge is 2.21. The third kappa shape index (κ3) is 3.69. The zero-order valence-electron chi connectivity index (χ0n) is 10.6. The minimum Gasteiger partial charge on any atom is -0.480 e. The highest BCUT2D eigenvalue weighted by molar-refractivity contribution is 5.77. The second kappa shape index (κ2) is 5.61. The second-order valence-electron chi connectivity index (χ2n) is 4.69. The topological polar surface area (TPSA) is 75.1 Å². The lowest BCUT2D eigenvalue weighted by atomic mass is 10.0. The number of aromatic nitrogens is 2. The molecule has 1 atom stereocenters. The lowest BCUT2D eigenvalue weighted by Crippen LogP contribution is -2.34. The Kier molecular flexibility index (Phi) is 4.43. The Morgan fingerprint density at radius 1 is 1.29 bits per heavy atom. The summed E-state index contributed by atoms with van der Waals surface area (Å²) in [6.07, 6.45) is 1.46. The van der Waals surface area contributed by atoms with E-state index in [4.69, 9.17) is 5.11 Å². The monoisotopic (exact) mass is 237 g/mol. The summed E-state index contributed by atoms with van der Waals surface area (Å²) < 4.78 is 0. The summed E-state index contributed by atoms with van der Waals surface area (Å²) in [6, 6.07) is 1.16. The molecule has 1 aromatic rings. The van der Waals surface area contributed by atoms with E-state index < -0.39 is 12.0 Å². The number of hydrogen-bond donors (Lipinski definition) is 2. The van der Waals surface area contributed by atoms with Crippen LogP contribution in [0.1, 0.15) is 39.3 Å². The largest absolute Gasteiger partial charge is 0.480 e. The van der Waals surface area contributed by atoms with Crippen molar-refractivity contribution in [3.63, 3.8) is 0 Å². The molecule has 5 nitrogen and oxygen atoms in total. The van der Waals surface area contributed by atoms with Crippen LogP contribution in [0.2, 0.25) is 0 Å². The molecular weight excluding hydrogens is 218 g/mol. The van der Waals surface area contributed by atoms with Crippen LogP contribution >= 0.6 is 0 Å². The highest BCUT2D eigenvalue weighted by Crippen LogP contribution is 2.16. The molecule has 1 aromatic heterocycles. The van der Waals surface area contributed by atoms with E-state index in [0.29, 0.717) is 11.7 Å². The van der Waals surface area contributed by atoms with Crippen molar-refractivity contribution in [1.82, 2.24) is 9.97 Å². The van der Waals surface area contributed by atoms with Gasteiger partial charge in [-0.05, 0) is 11.8 Å². The lowest BCUT2D eigenvalue weighted by molar-refractivity contribution is -0.138. The zero-order chi connectivity index (χ0) is 13.0. The number of rotatable bonds is 5. The maximum atomic E-state index is 11.1. The van der Waals surface area contributed by atoms with Gasteiger partial charge >= 0.3 is 5.97 Å². The van der Waals surface area contributed by atoms with Gasteiger partial charge < -0.3 is 10.4 Å². The van der Waals surface area contributed by atoms with Gasteiger partial charge in [0.25, 0.3) is 0 Å². The number of carboxylic acid groups (broad SMARTS) is 1. The van der Waals surface area contributed by atoms with E-state index in [9.17, 15) is 4.79 Å². The van der Waals surface area contributed by atoms with Gasteiger partial charge in [-0.25, -0.2) is 14.8 Å². The van der Waals surface area contributed by atoms with Gasteiger partial charge in [0, 0.05) is 11.8 Å². The third-order valence-corrected chi connectivity index (χ3v) is 2.52. The van der Waals surface area contributed by atoms with Crippen molar-refractivity contribution < 1.29 is 9.90 Å². The van der Waals surface area contributed by atoms with Crippen LogP contribution in [0, 0.1) is 5.92 Å². The fourth-order valence-corrected chi connectivity index (χ4v) is 1.44. The fourth-order valence-electron chi connectivity index (χ4n) is 1.44. The number of nitrogens with one attached hydrogen (secondary N) is 1. The molecule has 0 saturated carbocycles. The summed E-state index contributed by atoms with van der Waals surface area (Å²) >= 11 is 0. The smallest absolute Gasteiger partial charge is 0.326 e. The maximum Gasteiger partial charge on any atom is 0.326 e. The highest BCUT2D eigenvalue weighted by atomic mass is 16.4. The Labute approximate surface area is 101 Å². The summed E-state index contributed by atoms with van der Waals surface area (Å²) in [5, 5.41) is 12.0. The quantitative estimate of drug-likeness (QED) is 0.820. The third-order valence-electron chi connectivity index (χ3n) is 2.52. The average Bonchev–Trinajstić information content (AvgIpc) is 2.25. The van der Waals surface area contributed by atoms with Crippen molar-refractivity contribution in [2.45, 2.75) is 39.7 Å². The molecule has 94 valence electrons. The molecule has 0 aliphatic rings. The van der Waals surface area contributed by atoms with E-state index in [-0.39, 0.29) is 5.92 Å². The fraction of sp³-hybridized carbons (Fsp3) is 0.583. The first-order valence-corrected chi connectivity index (χ1v) is 5.73. The average molecular weight is 237 g/mol. The van der Waals surface area contributed by atoms with E-state index in [1.165, 1.54) is 6.33 Å². The number of hydrogen-bond acceptors (Lipinski definition) is 4. The number of anilines is 1. The molecule has 0 aliphatic heterocycles. The van der Waals surface area contributed by atoms with E-state index in [1.54, 1.807) is 6.07 Å². The minimum atomic E-state index is -0.871. The van der Waals surface area contributed by atoms with Crippen LogP contribution in [0.4, 0.5) is 5.82 Å². The molecule has 0 aromatic carbocycles. The Bertz CT molecular complexity index is 391. The van der Waals surface area contributed by atoms with Gasteiger partial charge in [0.05, 0.1) is 0 Å². The van der Waals surface area contributed by atoms with Crippen LogP contribution in [0.15, 0.2) is 12.4 Å². The molecule has 0 fully saturated rings. The van der Waals surface area contributed by atoms with E-state index >= 15 is 0 Å². The Morgan fingerprint density at radius 3 is 2.41 bits per heavy atom. The molecule has 0 amide bonds. The van der Waals surface area contributed by atoms with Crippen LogP contribution < -0.4 is 5.32 Å². The molecular formula is C12H19N3O2. The molecule has 0 aliphatic carbocycles. The summed E-state index contributed by atoms with van der Waals surface area (Å²) in [7, 11) is 0. The standard InChI is InChI=1S/C12H19N3O2/c1-7(2)9-5-10(14-6-13-9)15-11(8(3)4)12(16)17/h5-8,11H,1-4H3,(H,16,17)(H,13,14,15)/t11-/m0/s1. The molecule has 0 bridgehead atoms. The van der Waals surface area contributed by atoms with Crippen LogP contribution in [-0.4, -0.2) is 27.1 Å². The number of carboxylic acids is 1. The van der Waals surface area contributed by atoms with Crippen molar-refractivity contribution in [1.29, 1.82) is 0 Å². The normalized spacial score (nSPS) is 12.8. The maximum absolute atomic E-state index is 11.1. The van der Waals surface area contributed by atoms with Gasteiger partial charge in [-0.2, -0.15) is 0 Å². The Balaban J connectivity index is 2.86. The van der Waals surface area contributed by atoms with Gasteiger partial charge in [0.15, 0.2) is 0 Å². The van der Waals surface area contributed by atoms with Gasteiger partial charge in [-0.3, -0.25) is 0 Å². The molecule has 5 heteroatoms. The van der Waals surface area contributed by atoms with Crippen LogP contribution in [0.3, 0.4) is 0 Å². The Morgan fingerprint density at radius 2 is 1.94 bits per heavy atom. The summed E-state index contributed by atoms with van der Waals surface area (Å²) in [6.45, 7) is 7.78. The molecule has 0 spiro atoms. The predicted octanol–water partition coefficient (Wildman–Crippen LogP) is 2.12. The zero-order valence-corrected chi connectivity index (χ0v) is 10.6. The minimum absolute atomic E-state index is 0.00929. The van der Waals surface area contributed by atoms with Crippen molar-refractivity contribution in [3.8, 4) is 0 Å². The second-order valence-corrected chi connectivity index (χ2v) is 4.69. The molecule has 0 radical (unpaired) electrons. The first-order valence-electron chi connectivity index (χ1n) is 5.73. The van der Waals surface area contributed by atoms with Crippen LogP contribution in [0.25, 0.3) is 0 Å². The van der Waals surface area contributed by atoms with E-state index in [0.717, 1.165) is 5.69 Å². The van der Waals surface area contributed by atoms with Crippen LogP contribution in [-0.2, 0) is 4.79 Å². The lowest BCUT2D eigenvalue weighted by Gasteiger charge is -2.18. The van der Waals surface area contributed by atoms with Gasteiger partial charge in [-0.1, -0.05) is 27.7 Å². The molecule has 1 rings (SSSR count). The van der Waals surface area contributed by atoms with Gasteiger partial charge in [0.1, 0.15) is 18.2 Å². The number of nitrogens with zero attached hydrogens (tertiary/aromatic N) is 2. The van der Waals surface area contributed by atoms with Crippen molar-refractivity contribution >= 4 is 11.8 Å². The molecule has 2 N–H and O–H groups in total. The number of aliphatic carboxylic acids is 1. The van der Waals surface area contributed by atoms with Crippen molar-refractivity contribution in [2.24, 2.45) is 5.92 Å². The molecule has 17 heavy (non-hydrogen) atoms. The molecule has 1 heterocycles. The van der Waals surface area contributed by atoms with Gasteiger partial charge in [0.2, 0.25) is 0 Å². The van der Waals surface area contributed by atoms with E-state index in [2.05, 4.69) is 15.3 Å². The molecule has 0 unspecified atom stereocenters. The van der Waals surface area contributed by atoms with E-state index in [1.807, 2.05) is 27.7 Å². The van der Waals surface area contributed by atoms with Crippen molar-refractivity contribution in [2.75, 3.05) is 5.32 Å². The SMILES string of the molecule is CC(C)c1cc(N[C@H](C(=O)O)C(C)C)ncn1. The number of carbonyl (C=O) groups is 1. The predicted molar refractivity (Wildman–Crippen MR) is 66.0 cm³/mol. The summed E-state index contributed by atoms with van der Waals surface area (Å²) in [5.74, 6) is -0.0275. The van der Waals surface area contributed by atoms with Crippen LogP contribution in [0.5, 0.6) is 0 Å². The molecule has 0 saturated heterocycles. The van der Waals surface area contributed by atoms with Gasteiger partial charge in [-0.15, -0.1) is 0 Å². The summed E-state index contributed by atoms with van der Waals surface area (Å²) in [5.41, 5.74) is 0.899. The first-order chi connectivity index (χ1) is 7.91. The summed E-state index contributed by atoms with van der Waals surface area (Å²) in [4.78, 5) is 19.2. The first kappa shape index (κ1) is 13.4.